The van der Waals surface area contributed by atoms with Gasteiger partial charge in [0.2, 0.25) is 0 Å². The number of aliphatic carboxylic acids is 1. The molecule has 3 heteroatoms. The number of rotatable bonds is 6. The summed E-state index contributed by atoms with van der Waals surface area (Å²) in [7, 11) is 0. The summed E-state index contributed by atoms with van der Waals surface area (Å²) in [6.07, 6.45) is 1.41. The predicted molar refractivity (Wildman–Crippen MR) is 69.1 cm³/mol. The highest BCUT2D eigenvalue weighted by atomic mass is 16.4. The van der Waals surface area contributed by atoms with Crippen molar-refractivity contribution in [2.45, 2.75) is 45.2 Å². The lowest BCUT2D eigenvalue weighted by atomic mass is 9.98. The largest absolute Gasteiger partial charge is 0.480 e. The van der Waals surface area contributed by atoms with Crippen LogP contribution in [0.15, 0.2) is 30.3 Å². The Bertz CT molecular complexity index is 360. The van der Waals surface area contributed by atoms with Gasteiger partial charge in [0, 0.05) is 5.54 Å². The first kappa shape index (κ1) is 13.7. The molecule has 17 heavy (non-hydrogen) atoms. The highest BCUT2D eigenvalue weighted by Gasteiger charge is 2.25. The first-order chi connectivity index (χ1) is 7.94. The van der Waals surface area contributed by atoms with Gasteiger partial charge in [-0.3, -0.25) is 10.1 Å². The molecule has 0 fully saturated rings. The third-order valence-corrected chi connectivity index (χ3v) is 3.03. The van der Waals surface area contributed by atoms with Crippen molar-refractivity contribution in [3.8, 4) is 0 Å². The molecule has 0 saturated heterocycles. The van der Waals surface area contributed by atoms with Crippen molar-refractivity contribution in [3.05, 3.63) is 35.9 Å². The molecule has 1 rings (SSSR count). The molecule has 3 nitrogen and oxygen atoms in total. The summed E-state index contributed by atoms with van der Waals surface area (Å²) >= 11 is 0. The third-order valence-electron chi connectivity index (χ3n) is 3.03. The Balaban J connectivity index is 2.71. The highest BCUT2D eigenvalue weighted by Crippen LogP contribution is 2.11. The van der Waals surface area contributed by atoms with E-state index in [0.717, 1.165) is 12.0 Å². The summed E-state index contributed by atoms with van der Waals surface area (Å²) in [5, 5.41) is 12.4. The van der Waals surface area contributed by atoms with Crippen molar-refractivity contribution in [3.63, 3.8) is 0 Å². The van der Waals surface area contributed by atoms with Crippen LogP contribution in [0.25, 0.3) is 0 Å². The zero-order chi connectivity index (χ0) is 12.9. The van der Waals surface area contributed by atoms with E-state index < -0.39 is 12.0 Å². The SMILES string of the molecule is CCC(C)(C)N[C@@H](Cc1ccccc1)C(=O)O. The van der Waals surface area contributed by atoms with Crippen molar-refractivity contribution in [2.24, 2.45) is 0 Å². The molecule has 0 aromatic heterocycles. The van der Waals surface area contributed by atoms with Crippen LogP contribution in [0.5, 0.6) is 0 Å². The Hall–Kier alpha value is -1.35. The van der Waals surface area contributed by atoms with E-state index in [1.54, 1.807) is 0 Å². The van der Waals surface area contributed by atoms with Gasteiger partial charge in [0.15, 0.2) is 0 Å². The van der Waals surface area contributed by atoms with Gasteiger partial charge in [0.25, 0.3) is 0 Å². The summed E-state index contributed by atoms with van der Waals surface area (Å²) in [6, 6.07) is 9.17. The summed E-state index contributed by atoms with van der Waals surface area (Å²) in [4.78, 5) is 11.2. The third kappa shape index (κ3) is 4.57. The average Bonchev–Trinajstić information content (AvgIpc) is 2.29. The number of nitrogens with one attached hydrogen (secondary N) is 1. The van der Waals surface area contributed by atoms with Crippen molar-refractivity contribution in [2.75, 3.05) is 0 Å². The monoisotopic (exact) mass is 235 g/mol. The summed E-state index contributed by atoms with van der Waals surface area (Å²) < 4.78 is 0. The van der Waals surface area contributed by atoms with Crippen LogP contribution in [-0.4, -0.2) is 22.7 Å². The number of benzene rings is 1. The molecule has 2 N–H and O–H groups in total. The lowest BCUT2D eigenvalue weighted by molar-refractivity contribution is -0.140. The molecular formula is C14H21NO2. The topological polar surface area (TPSA) is 49.3 Å². The van der Waals surface area contributed by atoms with E-state index in [9.17, 15) is 9.90 Å². The predicted octanol–water partition coefficient (Wildman–Crippen LogP) is 2.46. The summed E-state index contributed by atoms with van der Waals surface area (Å²) in [6.45, 7) is 6.09. The lowest BCUT2D eigenvalue weighted by Gasteiger charge is -2.29. The molecule has 0 bridgehead atoms. The van der Waals surface area contributed by atoms with Crippen LogP contribution < -0.4 is 5.32 Å². The van der Waals surface area contributed by atoms with Gasteiger partial charge in [-0.05, 0) is 32.3 Å². The van der Waals surface area contributed by atoms with Crippen molar-refractivity contribution < 1.29 is 9.90 Å². The minimum Gasteiger partial charge on any atom is -0.480 e. The quantitative estimate of drug-likeness (QED) is 0.796. The fourth-order valence-corrected chi connectivity index (χ4v) is 1.62. The summed E-state index contributed by atoms with van der Waals surface area (Å²) in [5.74, 6) is -0.796. The summed E-state index contributed by atoms with van der Waals surface area (Å²) in [5.41, 5.74) is 0.886. The Morgan fingerprint density at radius 2 is 1.94 bits per heavy atom. The number of carboxylic acids is 1. The molecule has 0 radical (unpaired) electrons. The molecule has 0 heterocycles. The van der Waals surface area contributed by atoms with Crippen LogP contribution >= 0.6 is 0 Å². The van der Waals surface area contributed by atoms with Crippen LogP contribution in [0.1, 0.15) is 32.8 Å². The van der Waals surface area contributed by atoms with Gasteiger partial charge in [-0.15, -0.1) is 0 Å². The first-order valence-electron chi connectivity index (χ1n) is 5.99. The Morgan fingerprint density at radius 3 is 2.41 bits per heavy atom. The molecule has 1 aromatic rings. The van der Waals surface area contributed by atoms with Gasteiger partial charge in [-0.2, -0.15) is 0 Å². The van der Waals surface area contributed by atoms with Crippen LogP contribution in [-0.2, 0) is 11.2 Å². The normalized spacial score (nSPS) is 13.4. The second-order valence-electron chi connectivity index (χ2n) is 4.96. The van der Waals surface area contributed by atoms with Crippen LogP contribution in [0.2, 0.25) is 0 Å². The zero-order valence-electron chi connectivity index (χ0n) is 10.7. The molecule has 0 aliphatic carbocycles. The van der Waals surface area contributed by atoms with Gasteiger partial charge in [-0.25, -0.2) is 0 Å². The zero-order valence-corrected chi connectivity index (χ0v) is 10.7. The average molecular weight is 235 g/mol. The number of carboxylic acid groups (broad SMARTS) is 1. The maximum Gasteiger partial charge on any atom is 0.321 e. The molecule has 1 atom stereocenters. The second kappa shape index (κ2) is 5.82. The lowest BCUT2D eigenvalue weighted by Crippen LogP contribution is -2.50. The van der Waals surface area contributed by atoms with Gasteiger partial charge >= 0.3 is 5.97 Å². The Morgan fingerprint density at radius 1 is 1.35 bits per heavy atom. The fraction of sp³-hybridized carbons (Fsp3) is 0.500. The minimum atomic E-state index is -0.796. The standard InChI is InChI=1S/C14H21NO2/c1-4-14(2,3)15-12(13(16)17)10-11-8-6-5-7-9-11/h5-9,12,15H,4,10H2,1-3H3,(H,16,17)/t12-/m0/s1. The number of carbonyl (C=O) groups is 1. The van der Waals surface area contributed by atoms with Gasteiger partial charge in [0.05, 0.1) is 0 Å². The molecular weight excluding hydrogens is 214 g/mol. The van der Waals surface area contributed by atoms with E-state index in [1.807, 2.05) is 44.2 Å². The van der Waals surface area contributed by atoms with E-state index in [1.165, 1.54) is 0 Å². The number of hydrogen-bond donors (Lipinski definition) is 2. The van der Waals surface area contributed by atoms with Gasteiger partial charge < -0.3 is 5.11 Å². The molecule has 0 aliphatic rings. The molecule has 0 saturated carbocycles. The Kier molecular flexibility index (Phi) is 4.70. The van der Waals surface area contributed by atoms with E-state index >= 15 is 0 Å². The fourth-order valence-electron chi connectivity index (χ4n) is 1.62. The first-order valence-corrected chi connectivity index (χ1v) is 5.99. The van der Waals surface area contributed by atoms with Crippen LogP contribution in [0.4, 0.5) is 0 Å². The van der Waals surface area contributed by atoms with E-state index in [-0.39, 0.29) is 5.54 Å². The Labute approximate surface area is 103 Å². The highest BCUT2D eigenvalue weighted by molar-refractivity contribution is 5.74. The number of hydrogen-bond acceptors (Lipinski definition) is 2. The van der Waals surface area contributed by atoms with E-state index in [4.69, 9.17) is 0 Å². The van der Waals surface area contributed by atoms with E-state index in [2.05, 4.69) is 12.2 Å². The smallest absolute Gasteiger partial charge is 0.321 e. The van der Waals surface area contributed by atoms with Crippen molar-refractivity contribution in [1.82, 2.24) is 5.32 Å². The molecule has 0 spiro atoms. The molecule has 0 amide bonds. The molecule has 94 valence electrons. The maximum atomic E-state index is 11.2. The van der Waals surface area contributed by atoms with Gasteiger partial charge in [-0.1, -0.05) is 37.3 Å². The van der Waals surface area contributed by atoms with Crippen LogP contribution in [0, 0.1) is 0 Å². The van der Waals surface area contributed by atoms with Crippen LogP contribution in [0.3, 0.4) is 0 Å². The molecule has 1 aromatic carbocycles. The van der Waals surface area contributed by atoms with Gasteiger partial charge in [0.1, 0.15) is 6.04 Å². The second-order valence-corrected chi connectivity index (χ2v) is 4.96. The van der Waals surface area contributed by atoms with Crippen molar-refractivity contribution >= 4 is 5.97 Å². The van der Waals surface area contributed by atoms with Crippen molar-refractivity contribution in [1.29, 1.82) is 0 Å². The molecule has 0 aliphatic heterocycles. The maximum absolute atomic E-state index is 11.2. The molecule has 0 unspecified atom stereocenters. The van der Waals surface area contributed by atoms with E-state index in [0.29, 0.717) is 6.42 Å². The minimum absolute atomic E-state index is 0.155.